The molecule has 0 saturated heterocycles. The molecule has 164 valence electrons. The van der Waals surface area contributed by atoms with Crippen LogP contribution in [0.2, 0.25) is 0 Å². The van der Waals surface area contributed by atoms with Crippen molar-refractivity contribution in [2.75, 3.05) is 0 Å². The Morgan fingerprint density at radius 3 is 2.78 bits per heavy atom. The molecule has 0 saturated carbocycles. The third-order valence-corrected chi connectivity index (χ3v) is 5.06. The minimum absolute atomic E-state index is 0.0112. The molecule has 0 aliphatic rings. The smallest absolute Gasteiger partial charge is 0.329 e. The lowest BCUT2D eigenvalue weighted by molar-refractivity contribution is 0.0952. The van der Waals surface area contributed by atoms with E-state index >= 15 is 0 Å². The molecule has 11 heteroatoms. The second kappa shape index (κ2) is 8.53. The number of rotatable bonds is 6. The van der Waals surface area contributed by atoms with E-state index in [1.54, 1.807) is 25.3 Å². The van der Waals surface area contributed by atoms with Crippen LogP contribution in [0, 0.1) is 0 Å². The van der Waals surface area contributed by atoms with Crippen molar-refractivity contribution in [3.63, 3.8) is 0 Å². The first-order chi connectivity index (χ1) is 15.4. The number of hydrogen-bond acceptors (Lipinski definition) is 7. The molecule has 0 bridgehead atoms. The molecule has 1 amide bonds. The van der Waals surface area contributed by atoms with Gasteiger partial charge in [0, 0.05) is 30.5 Å². The molecular weight excluding hydrogens is 412 g/mol. The van der Waals surface area contributed by atoms with Crippen molar-refractivity contribution < 1.29 is 4.79 Å². The summed E-state index contributed by atoms with van der Waals surface area (Å²) in [6, 6.07) is 5.17. The molecule has 0 unspecified atom stereocenters. The molecule has 0 aliphatic carbocycles. The number of carbonyl (C=O) groups is 1. The molecule has 4 rings (SSSR count). The molecule has 0 radical (unpaired) electrons. The van der Waals surface area contributed by atoms with E-state index in [1.165, 1.54) is 21.9 Å². The van der Waals surface area contributed by atoms with Crippen LogP contribution in [0.3, 0.4) is 0 Å². The van der Waals surface area contributed by atoms with Gasteiger partial charge >= 0.3 is 5.69 Å². The first-order valence-electron chi connectivity index (χ1n) is 10.2. The van der Waals surface area contributed by atoms with Crippen LogP contribution in [-0.2, 0) is 13.1 Å². The zero-order chi connectivity index (χ0) is 22.8. The minimum Gasteiger partial charge on any atom is -0.348 e. The summed E-state index contributed by atoms with van der Waals surface area (Å²) >= 11 is 0. The van der Waals surface area contributed by atoms with Crippen molar-refractivity contribution >= 4 is 16.9 Å². The number of aromatic nitrogens is 7. The standard InChI is InChI=1S/C21H22N8O3/c1-4-28-18-16(20(31)27-21(28)32)14(8-15(26-18)12(2)3)19(30)24-9-13-6-5-7-23-17(13)29-11-22-10-25-29/h5-8,10-12H,4,9H2,1-3H3,(H,24,30)(H,27,31,32). The van der Waals surface area contributed by atoms with E-state index < -0.39 is 17.2 Å². The number of fused-ring (bicyclic) bond motifs is 1. The number of aromatic amines is 1. The number of aryl methyl sites for hydroxylation is 1. The third kappa shape index (κ3) is 3.80. The van der Waals surface area contributed by atoms with Crippen molar-refractivity contribution in [1.29, 1.82) is 0 Å². The van der Waals surface area contributed by atoms with Crippen molar-refractivity contribution in [1.82, 2.24) is 39.6 Å². The van der Waals surface area contributed by atoms with Crippen LogP contribution >= 0.6 is 0 Å². The fraction of sp³-hybridized carbons (Fsp3) is 0.286. The topological polar surface area (TPSA) is 140 Å². The van der Waals surface area contributed by atoms with Crippen molar-refractivity contribution in [3.8, 4) is 5.82 Å². The lowest BCUT2D eigenvalue weighted by Crippen LogP contribution is -2.33. The summed E-state index contributed by atoms with van der Waals surface area (Å²) < 4.78 is 2.86. The molecular formula is C21H22N8O3. The second-order valence-electron chi connectivity index (χ2n) is 7.46. The third-order valence-electron chi connectivity index (χ3n) is 5.06. The fourth-order valence-corrected chi connectivity index (χ4v) is 3.42. The van der Waals surface area contributed by atoms with Crippen LogP contribution in [0.5, 0.6) is 0 Å². The van der Waals surface area contributed by atoms with E-state index in [0.29, 0.717) is 23.6 Å². The molecule has 0 fully saturated rings. The van der Waals surface area contributed by atoms with Gasteiger partial charge in [-0.1, -0.05) is 19.9 Å². The first-order valence-corrected chi connectivity index (χ1v) is 10.2. The molecule has 32 heavy (non-hydrogen) atoms. The summed E-state index contributed by atoms with van der Waals surface area (Å²) in [6.07, 6.45) is 4.53. The Balaban J connectivity index is 1.77. The van der Waals surface area contributed by atoms with Gasteiger partial charge in [0.1, 0.15) is 12.7 Å². The molecule has 0 aromatic carbocycles. The lowest BCUT2D eigenvalue weighted by Gasteiger charge is -2.14. The van der Waals surface area contributed by atoms with Crippen LogP contribution < -0.4 is 16.6 Å². The van der Waals surface area contributed by atoms with Gasteiger partial charge < -0.3 is 5.32 Å². The molecule has 0 aliphatic heterocycles. The van der Waals surface area contributed by atoms with Crippen molar-refractivity contribution in [2.45, 2.75) is 39.8 Å². The molecule has 2 N–H and O–H groups in total. The Labute approximate surface area is 182 Å². The number of nitrogens with one attached hydrogen (secondary N) is 2. The van der Waals surface area contributed by atoms with Gasteiger partial charge in [0.25, 0.3) is 11.5 Å². The van der Waals surface area contributed by atoms with Gasteiger partial charge in [-0.25, -0.2) is 24.4 Å². The highest BCUT2D eigenvalue weighted by Gasteiger charge is 2.20. The normalized spacial score (nSPS) is 11.2. The van der Waals surface area contributed by atoms with Gasteiger partial charge in [-0.2, -0.15) is 5.10 Å². The Kier molecular flexibility index (Phi) is 5.63. The maximum absolute atomic E-state index is 13.2. The molecule has 4 aromatic heterocycles. The summed E-state index contributed by atoms with van der Waals surface area (Å²) in [6.45, 7) is 6.08. The Bertz CT molecular complexity index is 1400. The summed E-state index contributed by atoms with van der Waals surface area (Å²) in [5.74, 6) is 0.0628. The summed E-state index contributed by atoms with van der Waals surface area (Å²) in [5.41, 5.74) is 0.480. The SMILES string of the molecule is CCn1c(=O)[nH]c(=O)c2c(C(=O)NCc3cccnc3-n3cncn3)cc(C(C)C)nc21. The largest absolute Gasteiger partial charge is 0.348 e. The van der Waals surface area contributed by atoms with E-state index in [9.17, 15) is 14.4 Å². The van der Waals surface area contributed by atoms with Crippen LogP contribution in [0.1, 0.15) is 48.3 Å². The number of amides is 1. The van der Waals surface area contributed by atoms with E-state index in [4.69, 9.17) is 0 Å². The molecule has 0 spiro atoms. The predicted octanol–water partition coefficient (Wildman–Crippen LogP) is 1.13. The van der Waals surface area contributed by atoms with E-state index in [2.05, 4.69) is 30.4 Å². The zero-order valence-electron chi connectivity index (χ0n) is 17.9. The Hall–Kier alpha value is -4.15. The second-order valence-corrected chi connectivity index (χ2v) is 7.46. The zero-order valence-corrected chi connectivity index (χ0v) is 17.9. The molecule has 0 atom stereocenters. The van der Waals surface area contributed by atoms with Crippen LogP contribution in [0.25, 0.3) is 16.9 Å². The van der Waals surface area contributed by atoms with Crippen LogP contribution in [0.15, 0.2) is 46.6 Å². The van der Waals surface area contributed by atoms with Gasteiger partial charge in [0.05, 0.1) is 10.9 Å². The van der Waals surface area contributed by atoms with Crippen molar-refractivity contribution in [2.24, 2.45) is 0 Å². The van der Waals surface area contributed by atoms with Gasteiger partial charge in [-0.05, 0) is 25.0 Å². The minimum atomic E-state index is -0.646. The highest BCUT2D eigenvalue weighted by atomic mass is 16.2. The number of hydrogen-bond donors (Lipinski definition) is 2. The van der Waals surface area contributed by atoms with Crippen LogP contribution in [0.4, 0.5) is 0 Å². The Morgan fingerprint density at radius 1 is 1.28 bits per heavy atom. The van der Waals surface area contributed by atoms with E-state index in [0.717, 1.165) is 0 Å². The van der Waals surface area contributed by atoms with Gasteiger partial charge in [0.2, 0.25) is 0 Å². The highest BCUT2D eigenvalue weighted by Crippen LogP contribution is 2.20. The number of pyridine rings is 2. The number of carbonyl (C=O) groups excluding carboxylic acids is 1. The average Bonchev–Trinajstić information content (AvgIpc) is 3.31. The number of H-pyrrole nitrogens is 1. The Morgan fingerprint density at radius 2 is 2.09 bits per heavy atom. The molecule has 11 nitrogen and oxygen atoms in total. The monoisotopic (exact) mass is 434 g/mol. The highest BCUT2D eigenvalue weighted by molar-refractivity contribution is 6.05. The van der Waals surface area contributed by atoms with Crippen LogP contribution in [-0.4, -0.2) is 40.2 Å². The van der Waals surface area contributed by atoms with Gasteiger partial charge in [-0.15, -0.1) is 0 Å². The predicted molar refractivity (Wildman–Crippen MR) is 117 cm³/mol. The molecule has 4 aromatic rings. The van der Waals surface area contributed by atoms with E-state index in [1.807, 2.05) is 19.9 Å². The van der Waals surface area contributed by atoms with E-state index in [-0.39, 0.29) is 29.1 Å². The van der Waals surface area contributed by atoms with Gasteiger partial charge in [-0.3, -0.25) is 19.1 Å². The molecule has 4 heterocycles. The quantitative estimate of drug-likeness (QED) is 0.463. The average molecular weight is 434 g/mol. The summed E-state index contributed by atoms with van der Waals surface area (Å²) in [7, 11) is 0. The fourth-order valence-electron chi connectivity index (χ4n) is 3.42. The van der Waals surface area contributed by atoms with Crippen molar-refractivity contribution in [3.05, 3.63) is 74.7 Å². The summed E-state index contributed by atoms with van der Waals surface area (Å²) in [5, 5.41) is 7.01. The number of nitrogens with zero attached hydrogens (tertiary/aromatic N) is 6. The van der Waals surface area contributed by atoms with Gasteiger partial charge in [0.15, 0.2) is 11.5 Å². The maximum atomic E-state index is 13.2. The maximum Gasteiger partial charge on any atom is 0.329 e. The summed E-state index contributed by atoms with van der Waals surface area (Å²) in [4.78, 5) is 53.1. The lowest BCUT2D eigenvalue weighted by atomic mass is 10.0. The first kappa shape index (κ1) is 21.1.